The summed E-state index contributed by atoms with van der Waals surface area (Å²) in [5.41, 5.74) is 2.16. The summed E-state index contributed by atoms with van der Waals surface area (Å²) in [6, 6.07) is 13.9. The van der Waals surface area contributed by atoms with Crippen LogP contribution in [-0.4, -0.2) is 25.0 Å². The Kier molecular flexibility index (Phi) is 3.78. The van der Waals surface area contributed by atoms with Crippen LogP contribution in [0.25, 0.3) is 0 Å². The third-order valence-electron chi connectivity index (χ3n) is 3.65. The fourth-order valence-corrected chi connectivity index (χ4v) is 2.52. The molecule has 0 saturated carbocycles. The van der Waals surface area contributed by atoms with Crippen molar-refractivity contribution in [1.29, 1.82) is 0 Å². The summed E-state index contributed by atoms with van der Waals surface area (Å²) in [6.07, 6.45) is 0.484. The average molecular weight is 296 g/mol. The van der Waals surface area contributed by atoms with Gasteiger partial charge in [-0.15, -0.1) is 0 Å². The van der Waals surface area contributed by atoms with Crippen LogP contribution >= 0.6 is 0 Å². The van der Waals surface area contributed by atoms with Crippen LogP contribution in [0.1, 0.15) is 15.9 Å². The van der Waals surface area contributed by atoms with E-state index in [1.807, 2.05) is 18.2 Å². The van der Waals surface area contributed by atoms with E-state index in [0.29, 0.717) is 23.4 Å². The van der Waals surface area contributed by atoms with Crippen LogP contribution in [-0.2, 0) is 11.2 Å². The highest BCUT2D eigenvalue weighted by Crippen LogP contribution is 2.19. The van der Waals surface area contributed by atoms with E-state index in [4.69, 9.17) is 4.74 Å². The molecule has 0 radical (unpaired) electrons. The van der Waals surface area contributed by atoms with Gasteiger partial charge in [0.1, 0.15) is 11.8 Å². The van der Waals surface area contributed by atoms with Gasteiger partial charge in [0.25, 0.3) is 5.91 Å². The molecule has 1 aliphatic rings. The van der Waals surface area contributed by atoms with Crippen LogP contribution in [0.3, 0.4) is 0 Å². The van der Waals surface area contributed by atoms with E-state index in [9.17, 15) is 9.59 Å². The first-order chi connectivity index (χ1) is 10.7. The van der Waals surface area contributed by atoms with Gasteiger partial charge < -0.3 is 15.4 Å². The minimum atomic E-state index is -0.575. The molecule has 2 aromatic carbocycles. The first-order valence-electron chi connectivity index (χ1n) is 7.01. The maximum absolute atomic E-state index is 12.4. The predicted octanol–water partition coefficient (Wildman–Crippen LogP) is 1.99. The van der Waals surface area contributed by atoms with E-state index >= 15 is 0 Å². The Morgan fingerprint density at radius 1 is 1.23 bits per heavy atom. The SMILES string of the molecule is COc1cccc(NC(=O)C2Cc3ccccc3C(=O)N2)c1. The highest BCUT2D eigenvalue weighted by Gasteiger charge is 2.28. The second-order valence-electron chi connectivity index (χ2n) is 5.11. The van der Waals surface area contributed by atoms with Gasteiger partial charge in [-0.1, -0.05) is 24.3 Å². The molecule has 0 saturated heterocycles. The highest BCUT2D eigenvalue weighted by molar-refractivity contribution is 6.03. The number of rotatable bonds is 3. The molecule has 2 amide bonds. The number of fused-ring (bicyclic) bond motifs is 1. The topological polar surface area (TPSA) is 67.4 Å². The Morgan fingerprint density at radius 3 is 2.86 bits per heavy atom. The number of ether oxygens (including phenoxy) is 1. The van der Waals surface area contributed by atoms with E-state index in [-0.39, 0.29) is 11.8 Å². The van der Waals surface area contributed by atoms with Gasteiger partial charge in [0.15, 0.2) is 0 Å². The molecular formula is C17H16N2O3. The van der Waals surface area contributed by atoms with E-state index in [2.05, 4.69) is 10.6 Å². The summed E-state index contributed by atoms with van der Waals surface area (Å²) in [5, 5.41) is 5.54. The first kappa shape index (κ1) is 14.1. The van der Waals surface area contributed by atoms with Crippen LogP contribution in [0.5, 0.6) is 5.75 Å². The zero-order valence-corrected chi connectivity index (χ0v) is 12.1. The molecule has 112 valence electrons. The minimum absolute atomic E-state index is 0.215. The van der Waals surface area contributed by atoms with Crippen LogP contribution < -0.4 is 15.4 Å². The standard InChI is InChI=1S/C17H16N2O3/c1-22-13-7-4-6-12(10-13)18-17(21)15-9-11-5-2-3-8-14(11)16(20)19-15/h2-8,10,15H,9H2,1H3,(H,18,21)(H,19,20). The van der Waals surface area contributed by atoms with Crippen LogP contribution in [0.4, 0.5) is 5.69 Å². The van der Waals surface area contributed by atoms with Crippen molar-refractivity contribution in [2.24, 2.45) is 0 Å². The Bertz CT molecular complexity index is 727. The Labute approximate surface area is 128 Å². The molecule has 5 nitrogen and oxygen atoms in total. The molecule has 0 bridgehead atoms. The summed E-state index contributed by atoms with van der Waals surface area (Å²) in [7, 11) is 1.57. The number of benzene rings is 2. The molecule has 0 spiro atoms. The molecule has 1 unspecified atom stereocenters. The molecule has 5 heteroatoms. The minimum Gasteiger partial charge on any atom is -0.497 e. The number of nitrogens with one attached hydrogen (secondary N) is 2. The lowest BCUT2D eigenvalue weighted by atomic mass is 9.95. The van der Waals surface area contributed by atoms with Crippen LogP contribution in [0.2, 0.25) is 0 Å². The zero-order valence-electron chi connectivity index (χ0n) is 12.1. The van der Waals surface area contributed by atoms with Crippen molar-refractivity contribution >= 4 is 17.5 Å². The van der Waals surface area contributed by atoms with Gasteiger partial charge in [-0.3, -0.25) is 9.59 Å². The quantitative estimate of drug-likeness (QED) is 0.910. The predicted molar refractivity (Wildman–Crippen MR) is 83.0 cm³/mol. The van der Waals surface area contributed by atoms with E-state index in [0.717, 1.165) is 5.56 Å². The molecule has 1 atom stereocenters. The molecule has 3 rings (SSSR count). The largest absolute Gasteiger partial charge is 0.497 e. The molecule has 0 aliphatic carbocycles. The third kappa shape index (κ3) is 2.79. The normalized spacial score (nSPS) is 16.4. The molecular weight excluding hydrogens is 280 g/mol. The molecule has 22 heavy (non-hydrogen) atoms. The van der Waals surface area contributed by atoms with Gasteiger partial charge in [0.05, 0.1) is 7.11 Å². The summed E-state index contributed by atoms with van der Waals surface area (Å²) in [6.45, 7) is 0. The van der Waals surface area contributed by atoms with Gasteiger partial charge in [0.2, 0.25) is 5.91 Å². The Hall–Kier alpha value is -2.82. The fraction of sp³-hybridized carbons (Fsp3) is 0.176. The molecule has 0 aromatic heterocycles. The summed E-state index contributed by atoms with van der Waals surface area (Å²) >= 11 is 0. The molecule has 1 heterocycles. The molecule has 0 fully saturated rings. The maximum Gasteiger partial charge on any atom is 0.252 e. The van der Waals surface area contributed by atoms with Crippen molar-refractivity contribution in [3.63, 3.8) is 0 Å². The number of carbonyl (C=O) groups excluding carboxylic acids is 2. The molecule has 2 N–H and O–H groups in total. The maximum atomic E-state index is 12.4. The zero-order chi connectivity index (χ0) is 15.5. The number of hydrogen-bond donors (Lipinski definition) is 2. The summed E-state index contributed by atoms with van der Waals surface area (Å²) < 4.78 is 5.12. The lowest BCUT2D eigenvalue weighted by molar-refractivity contribution is -0.118. The number of carbonyl (C=O) groups is 2. The average Bonchev–Trinajstić information content (AvgIpc) is 2.55. The van der Waals surface area contributed by atoms with Gasteiger partial charge in [-0.05, 0) is 23.8 Å². The van der Waals surface area contributed by atoms with Crippen molar-refractivity contribution in [1.82, 2.24) is 5.32 Å². The number of amides is 2. The highest BCUT2D eigenvalue weighted by atomic mass is 16.5. The first-order valence-corrected chi connectivity index (χ1v) is 7.01. The number of methoxy groups -OCH3 is 1. The summed E-state index contributed by atoms with van der Waals surface area (Å²) in [4.78, 5) is 24.4. The second kappa shape index (κ2) is 5.89. The molecule has 2 aromatic rings. The Morgan fingerprint density at radius 2 is 2.05 bits per heavy atom. The number of hydrogen-bond acceptors (Lipinski definition) is 3. The van der Waals surface area contributed by atoms with Crippen molar-refractivity contribution in [3.8, 4) is 5.75 Å². The van der Waals surface area contributed by atoms with Crippen LogP contribution in [0.15, 0.2) is 48.5 Å². The third-order valence-corrected chi connectivity index (χ3v) is 3.65. The van der Waals surface area contributed by atoms with Gasteiger partial charge in [-0.2, -0.15) is 0 Å². The van der Waals surface area contributed by atoms with Crippen molar-refractivity contribution in [2.75, 3.05) is 12.4 Å². The Balaban J connectivity index is 1.75. The lowest BCUT2D eigenvalue weighted by Gasteiger charge is -2.24. The van der Waals surface area contributed by atoms with E-state index < -0.39 is 6.04 Å². The summed E-state index contributed by atoms with van der Waals surface area (Å²) in [5.74, 6) is 0.208. The van der Waals surface area contributed by atoms with Gasteiger partial charge in [0, 0.05) is 23.7 Å². The van der Waals surface area contributed by atoms with Crippen molar-refractivity contribution in [3.05, 3.63) is 59.7 Å². The van der Waals surface area contributed by atoms with Crippen molar-refractivity contribution < 1.29 is 14.3 Å². The van der Waals surface area contributed by atoms with Gasteiger partial charge >= 0.3 is 0 Å². The van der Waals surface area contributed by atoms with Crippen LogP contribution in [0, 0.1) is 0 Å². The molecule has 1 aliphatic heterocycles. The van der Waals surface area contributed by atoms with Gasteiger partial charge in [-0.25, -0.2) is 0 Å². The monoisotopic (exact) mass is 296 g/mol. The lowest BCUT2D eigenvalue weighted by Crippen LogP contribution is -2.48. The smallest absolute Gasteiger partial charge is 0.252 e. The second-order valence-corrected chi connectivity index (χ2v) is 5.11. The van der Waals surface area contributed by atoms with Crippen molar-refractivity contribution in [2.45, 2.75) is 12.5 Å². The van der Waals surface area contributed by atoms with E-state index in [1.54, 1.807) is 37.4 Å². The van der Waals surface area contributed by atoms with E-state index in [1.165, 1.54) is 0 Å². The number of anilines is 1. The fourth-order valence-electron chi connectivity index (χ4n) is 2.52.